The number of rotatable bonds is 4. The summed E-state index contributed by atoms with van der Waals surface area (Å²) in [5.41, 5.74) is 6.91. The molecule has 0 aliphatic carbocycles. The van der Waals surface area contributed by atoms with E-state index in [9.17, 15) is 10.2 Å². The molecule has 0 radical (unpaired) electrons. The van der Waals surface area contributed by atoms with Gasteiger partial charge in [-0.05, 0) is 25.0 Å². The van der Waals surface area contributed by atoms with Crippen LogP contribution in [0.1, 0.15) is 23.7 Å². The lowest BCUT2D eigenvalue weighted by molar-refractivity contribution is 0.126. The van der Waals surface area contributed by atoms with Gasteiger partial charge in [-0.3, -0.25) is 0 Å². The van der Waals surface area contributed by atoms with E-state index in [0.29, 0.717) is 12.0 Å². The fourth-order valence-electron chi connectivity index (χ4n) is 1.57. The van der Waals surface area contributed by atoms with Crippen LogP contribution >= 0.6 is 0 Å². The van der Waals surface area contributed by atoms with Crippen molar-refractivity contribution in [3.63, 3.8) is 0 Å². The fourth-order valence-corrected chi connectivity index (χ4v) is 1.57. The summed E-state index contributed by atoms with van der Waals surface area (Å²) in [6, 6.07) is 4.45. The van der Waals surface area contributed by atoms with Gasteiger partial charge in [-0.25, -0.2) is 0 Å². The first-order valence-corrected chi connectivity index (χ1v) is 4.91. The van der Waals surface area contributed by atoms with E-state index in [2.05, 4.69) is 0 Å². The zero-order valence-electron chi connectivity index (χ0n) is 8.72. The van der Waals surface area contributed by atoms with Gasteiger partial charge in [-0.15, -0.1) is 0 Å². The molecule has 2 unspecified atom stereocenters. The minimum atomic E-state index is -0.946. The van der Waals surface area contributed by atoms with Gasteiger partial charge in [-0.2, -0.15) is 0 Å². The molecule has 0 saturated carbocycles. The smallest absolute Gasteiger partial charge is 0.121 e. The van der Waals surface area contributed by atoms with Crippen LogP contribution in [-0.2, 0) is 0 Å². The maximum atomic E-state index is 9.89. The van der Waals surface area contributed by atoms with Crippen LogP contribution in [0, 0.1) is 6.92 Å². The Morgan fingerprint density at radius 3 is 2.60 bits per heavy atom. The molecule has 0 spiro atoms. The molecule has 0 fully saturated rings. The number of aromatic hydroxyl groups is 1. The van der Waals surface area contributed by atoms with Gasteiger partial charge in [0.05, 0.1) is 6.10 Å². The third-order valence-corrected chi connectivity index (χ3v) is 2.46. The molecule has 0 aromatic heterocycles. The van der Waals surface area contributed by atoms with Gasteiger partial charge in [0.2, 0.25) is 0 Å². The monoisotopic (exact) mass is 211 g/mol. The predicted octanol–water partition coefficient (Wildman–Crippen LogP) is 0.444. The second kappa shape index (κ2) is 5.11. The molecule has 0 amide bonds. The van der Waals surface area contributed by atoms with Crippen molar-refractivity contribution in [1.82, 2.24) is 0 Å². The zero-order valence-corrected chi connectivity index (χ0v) is 8.72. The molecule has 0 aliphatic rings. The van der Waals surface area contributed by atoms with E-state index in [0.717, 1.165) is 5.56 Å². The van der Waals surface area contributed by atoms with Crippen LogP contribution in [-0.4, -0.2) is 28.0 Å². The van der Waals surface area contributed by atoms with Crippen molar-refractivity contribution in [2.45, 2.75) is 25.5 Å². The quantitative estimate of drug-likeness (QED) is 0.582. The SMILES string of the molecule is Cc1cccc(O)c1C(O)C(N)CCO. The maximum Gasteiger partial charge on any atom is 0.121 e. The average molecular weight is 211 g/mol. The molecule has 0 heterocycles. The molecule has 15 heavy (non-hydrogen) atoms. The summed E-state index contributed by atoms with van der Waals surface area (Å²) < 4.78 is 0. The molecule has 0 aliphatic heterocycles. The highest BCUT2D eigenvalue weighted by Crippen LogP contribution is 2.29. The summed E-state index contributed by atoms with van der Waals surface area (Å²) in [5.74, 6) is 0.0379. The fraction of sp³-hybridized carbons (Fsp3) is 0.455. The highest BCUT2D eigenvalue weighted by Gasteiger charge is 2.21. The van der Waals surface area contributed by atoms with E-state index < -0.39 is 12.1 Å². The van der Waals surface area contributed by atoms with E-state index in [-0.39, 0.29) is 12.4 Å². The molecular formula is C11H17NO3. The minimum Gasteiger partial charge on any atom is -0.508 e. The Labute approximate surface area is 89.0 Å². The van der Waals surface area contributed by atoms with Crippen LogP contribution in [0.4, 0.5) is 0 Å². The van der Waals surface area contributed by atoms with Gasteiger partial charge in [0, 0.05) is 18.2 Å². The number of phenolic OH excluding ortho intramolecular Hbond substituents is 1. The standard InChI is InChI=1S/C11H17NO3/c1-7-3-2-4-9(14)10(7)11(15)8(12)5-6-13/h2-4,8,11,13-15H,5-6,12H2,1H3. The summed E-state index contributed by atoms with van der Waals surface area (Å²) >= 11 is 0. The topological polar surface area (TPSA) is 86.7 Å². The van der Waals surface area contributed by atoms with Gasteiger partial charge in [0.25, 0.3) is 0 Å². The Kier molecular flexibility index (Phi) is 4.08. The molecule has 0 bridgehead atoms. The second-order valence-electron chi connectivity index (χ2n) is 3.63. The van der Waals surface area contributed by atoms with Crippen LogP contribution in [0.15, 0.2) is 18.2 Å². The number of aryl methyl sites for hydroxylation is 1. The molecule has 2 atom stereocenters. The van der Waals surface area contributed by atoms with Crippen molar-refractivity contribution in [3.8, 4) is 5.75 Å². The number of hydrogen-bond acceptors (Lipinski definition) is 4. The van der Waals surface area contributed by atoms with Gasteiger partial charge < -0.3 is 21.1 Å². The third-order valence-electron chi connectivity index (χ3n) is 2.46. The Morgan fingerprint density at radius 1 is 1.40 bits per heavy atom. The van der Waals surface area contributed by atoms with Gasteiger partial charge >= 0.3 is 0 Å². The summed E-state index contributed by atoms with van der Waals surface area (Å²) in [6.45, 7) is 1.72. The van der Waals surface area contributed by atoms with E-state index in [1.807, 2.05) is 0 Å². The van der Waals surface area contributed by atoms with Crippen molar-refractivity contribution < 1.29 is 15.3 Å². The van der Waals surface area contributed by atoms with E-state index in [4.69, 9.17) is 10.8 Å². The van der Waals surface area contributed by atoms with Crippen molar-refractivity contribution in [2.24, 2.45) is 5.73 Å². The first-order chi connectivity index (χ1) is 7.07. The van der Waals surface area contributed by atoms with Gasteiger partial charge in [-0.1, -0.05) is 12.1 Å². The number of aliphatic hydroxyl groups is 2. The first kappa shape index (κ1) is 12.0. The lowest BCUT2D eigenvalue weighted by Crippen LogP contribution is -2.29. The number of hydrogen-bond donors (Lipinski definition) is 4. The molecule has 1 rings (SSSR count). The molecule has 4 nitrogen and oxygen atoms in total. The molecule has 5 N–H and O–H groups in total. The van der Waals surface area contributed by atoms with Crippen LogP contribution in [0.3, 0.4) is 0 Å². The van der Waals surface area contributed by atoms with E-state index >= 15 is 0 Å². The Morgan fingerprint density at radius 2 is 2.07 bits per heavy atom. The third kappa shape index (κ3) is 2.68. The summed E-state index contributed by atoms with van der Waals surface area (Å²) in [6.07, 6.45) is -0.645. The lowest BCUT2D eigenvalue weighted by atomic mass is 9.96. The lowest BCUT2D eigenvalue weighted by Gasteiger charge is -2.20. The molecule has 1 aromatic carbocycles. The minimum absolute atomic E-state index is 0.0379. The summed E-state index contributed by atoms with van der Waals surface area (Å²) in [4.78, 5) is 0. The van der Waals surface area contributed by atoms with Crippen molar-refractivity contribution in [1.29, 1.82) is 0 Å². The summed E-state index contributed by atoms with van der Waals surface area (Å²) in [7, 11) is 0. The highest BCUT2D eigenvalue weighted by molar-refractivity contribution is 5.40. The average Bonchev–Trinajstić information content (AvgIpc) is 2.17. The molecule has 1 aromatic rings. The highest BCUT2D eigenvalue weighted by atomic mass is 16.3. The Hall–Kier alpha value is -1.10. The Bertz CT molecular complexity index is 307. The van der Waals surface area contributed by atoms with Gasteiger partial charge in [0.1, 0.15) is 5.75 Å². The van der Waals surface area contributed by atoms with E-state index in [1.165, 1.54) is 6.07 Å². The second-order valence-corrected chi connectivity index (χ2v) is 3.63. The normalized spacial score (nSPS) is 14.9. The van der Waals surface area contributed by atoms with Crippen molar-refractivity contribution >= 4 is 0 Å². The van der Waals surface area contributed by atoms with Crippen LogP contribution in [0.2, 0.25) is 0 Å². The number of benzene rings is 1. The van der Waals surface area contributed by atoms with E-state index in [1.54, 1.807) is 19.1 Å². The molecule has 0 saturated heterocycles. The predicted molar refractivity (Wildman–Crippen MR) is 57.5 cm³/mol. The molecule has 4 heteroatoms. The van der Waals surface area contributed by atoms with Gasteiger partial charge in [0.15, 0.2) is 0 Å². The van der Waals surface area contributed by atoms with Crippen LogP contribution < -0.4 is 5.73 Å². The first-order valence-electron chi connectivity index (χ1n) is 4.91. The van der Waals surface area contributed by atoms with Crippen LogP contribution in [0.5, 0.6) is 5.75 Å². The number of aliphatic hydroxyl groups excluding tert-OH is 2. The van der Waals surface area contributed by atoms with Crippen molar-refractivity contribution in [2.75, 3.05) is 6.61 Å². The molecule has 84 valence electrons. The number of phenols is 1. The maximum absolute atomic E-state index is 9.89. The zero-order chi connectivity index (χ0) is 11.4. The Balaban J connectivity index is 2.94. The van der Waals surface area contributed by atoms with Crippen LogP contribution in [0.25, 0.3) is 0 Å². The van der Waals surface area contributed by atoms with Crippen molar-refractivity contribution in [3.05, 3.63) is 29.3 Å². The largest absolute Gasteiger partial charge is 0.508 e. The summed E-state index contributed by atoms with van der Waals surface area (Å²) in [5, 5.41) is 28.2. The molecular weight excluding hydrogens is 194 g/mol. The number of nitrogens with two attached hydrogens (primary N) is 1.